The summed E-state index contributed by atoms with van der Waals surface area (Å²) in [4.78, 5) is 11.8. The highest BCUT2D eigenvalue weighted by atomic mass is 32.2. The van der Waals surface area contributed by atoms with Gasteiger partial charge in [0.1, 0.15) is 10.6 Å². The highest BCUT2D eigenvalue weighted by molar-refractivity contribution is 7.91. The molecule has 1 aliphatic rings. The van der Waals surface area contributed by atoms with Crippen molar-refractivity contribution in [2.75, 3.05) is 33.0 Å². The number of hydrogen-bond acceptors (Lipinski definition) is 7. The molecule has 1 aromatic carbocycles. The summed E-state index contributed by atoms with van der Waals surface area (Å²) in [7, 11) is -6.80. The number of nitrogens with zero attached hydrogens (tertiary/aromatic N) is 1. The normalized spacial score (nSPS) is 16.4. The van der Waals surface area contributed by atoms with Crippen LogP contribution in [0.15, 0.2) is 28.0 Å². The Morgan fingerprint density at radius 2 is 1.63 bits per heavy atom. The number of halogens is 6. The van der Waals surface area contributed by atoms with Gasteiger partial charge >= 0.3 is 18.4 Å². The lowest BCUT2D eigenvalue weighted by Gasteiger charge is -2.33. The Morgan fingerprint density at radius 1 is 1.09 bits per heavy atom. The Labute approximate surface area is 197 Å². The first-order valence-electron chi connectivity index (χ1n) is 9.83. The third-order valence-electron chi connectivity index (χ3n) is 5.10. The van der Waals surface area contributed by atoms with E-state index in [0.29, 0.717) is 4.90 Å². The third-order valence-corrected chi connectivity index (χ3v) is 7.66. The van der Waals surface area contributed by atoms with Gasteiger partial charge in [-0.2, -0.15) is 26.3 Å². The molecule has 1 fully saturated rings. The molecule has 0 spiro atoms. The van der Waals surface area contributed by atoms with E-state index >= 15 is 0 Å². The second kappa shape index (κ2) is 10.4. The number of benzene rings is 1. The van der Waals surface area contributed by atoms with Crippen LogP contribution in [0.25, 0.3) is 0 Å². The SMILES string of the molecule is COc1ccc(S(C)(=O)=O)cc1S(=O)(=O)NCC1CCN(C(=O)OC(C(F)(F)F)C(F)(F)F)CC1. The molecule has 0 unspecified atom stereocenters. The number of piperidine rings is 1. The van der Waals surface area contributed by atoms with Crippen LogP contribution in [0.3, 0.4) is 0 Å². The van der Waals surface area contributed by atoms with Crippen LogP contribution >= 0.6 is 0 Å². The maximum atomic E-state index is 12.7. The lowest BCUT2D eigenvalue weighted by atomic mass is 9.97. The predicted molar refractivity (Wildman–Crippen MR) is 108 cm³/mol. The van der Waals surface area contributed by atoms with Crippen LogP contribution in [0.5, 0.6) is 5.75 Å². The molecule has 0 aromatic heterocycles. The molecule has 200 valence electrons. The average Bonchev–Trinajstić information content (AvgIpc) is 2.73. The molecule has 35 heavy (non-hydrogen) atoms. The van der Waals surface area contributed by atoms with Gasteiger partial charge in [0.15, 0.2) is 9.84 Å². The summed E-state index contributed by atoms with van der Waals surface area (Å²) < 4.78 is 135. The van der Waals surface area contributed by atoms with Gasteiger partial charge in [-0.05, 0) is 37.0 Å². The van der Waals surface area contributed by atoms with E-state index in [1.54, 1.807) is 0 Å². The zero-order valence-electron chi connectivity index (χ0n) is 18.3. The van der Waals surface area contributed by atoms with Crippen LogP contribution < -0.4 is 9.46 Å². The van der Waals surface area contributed by atoms with Gasteiger partial charge in [-0.1, -0.05) is 0 Å². The van der Waals surface area contributed by atoms with Gasteiger partial charge in [-0.3, -0.25) is 0 Å². The standard InChI is InChI=1S/C18H22F6N2O7S2/c1-32-13-4-3-12(34(2,28)29)9-14(13)35(30,31)25-10-11-5-7-26(8-6-11)16(27)33-15(17(19,20)21)18(22,23)24/h3-4,9,11,15,25H,5-8,10H2,1-2H3. The molecule has 0 bridgehead atoms. The van der Waals surface area contributed by atoms with Gasteiger partial charge in [0.25, 0.3) is 6.10 Å². The van der Waals surface area contributed by atoms with E-state index in [-0.39, 0.29) is 43.1 Å². The zero-order valence-corrected chi connectivity index (χ0v) is 19.9. The summed E-state index contributed by atoms with van der Waals surface area (Å²) in [5.74, 6) is -0.537. The van der Waals surface area contributed by atoms with Gasteiger partial charge in [0.05, 0.1) is 12.0 Å². The highest BCUT2D eigenvalue weighted by Crippen LogP contribution is 2.36. The fraction of sp³-hybridized carbons (Fsp3) is 0.611. The van der Waals surface area contributed by atoms with Gasteiger partial charge in [-0.25, -0.2) is 26.4 Å². The molecule has 0 saturated carbocycles. The van der Waals surface area contributed by atoms with Gasteiger partial charge in [0, 0.05) is 25.9 Å². The van der Waals surface area contributed by atoms with E-state index < -0.39 is 55.2 Å². The molecule has 2 rings (SSSR count). The van der Waals surface area contributed by atoms with E-state index in [9.17, 15) is 48.0 Å². The average molecular weight is 557 g/mol. The predicted octanol–water partition coefficient (Wildman–Crippen LogP) is 2.72. The first-order chi connectivity index (χ1) is 15.9. The quantitative estimate of drug-likeness (QED) is 0.513. The molecule has 1 N–H and O–H groups in total. The van der Waals surface area contributed by atoms with Crippen LogP contribution in [0, 0.1) is 5.92 Å². The smallest absolute Gasteiger partial charge is 0.434 e. The van der Waals surface area contributed by atoms with E-state index in [1.807, 2.05) is 0 Å². The number of carbonyl (C=O) groups excluding carboxylic acids is 1. The van der Waals surface area contributed by atoms with Crippen LogP contribution in [-0.4, -0.2) is 79.3 Å². The Hall–Kier alpha value is -2.27. The maximum Gasteiger partial charge on any atom is 0.434 e. The van der Waals surface area contributed by atoms with Crippen molar-refractivity contribution in [2.24, 2.45) is 5.92 Å². The summed E-state index contributed by atoms with van der Waals surface area (Å²) in [6.45, 7) is -0.716. The number of sulfonamides is 1. The fourth-order valence-corrected chi connectivity index (χ4v) is 5.25. The number of nitrogens with one attached hydrogen (secondary N) is 1. The molecule has 1 aliphatic heterocycles. The van der Waals surface area contributed by atoms with Crippen LogP contribution in [0.2, 0.25) is 0 Å². The molecule has 0 atom stereocenters. The zero-order chi connectivity index (χ0) is 26.8. The highest BCUT2D eigenvalue weighted by Gasteiger charge is 2.60. The summed E-state index contributed by atoms with van der Waals surface area (Å²) in [5.41, 5.74) is 0. The third kappa shape index (κ3) is 7.60. The lowest BCUT2D eigenvalue weighted by Crippen LogP contribution is -2.49. The number of amides is 1. The topological polar surface area (TPSA) is 119 Å². The molecule has 9 nitrogen and oxygen atoms in total. The van der Waals surface area contributed by atoms with Crippen molar-refractivity contribution < 1.29 is 57.4 Å². The summed E-state index contributed by atoms with van der Waals surface area (Å²) in [6, 6.07) is 3.27. The maximum absolute atomic E-state index is 12.7. The van der Waals surface area contributed by atoms with E-state index in [4.69, 9.17) is 4.74 Å². The minimum absolute atomic E-state index is 0.0564. The molecular formula is C18H22F6N2O7S2. The minimum Gasteiger partial charge on any atom is -0.495 e. The molecular weight excluding hydrogens is 534 g/mol. The van der Waals surface area contributed by atoms with Crippen LogP contribution in [0.4, 0.5) is 31.1 Å². The number of ether oxygens (including phenoxy) is 2. The largest absolute Gasteiger partial charge is 0.495 e. The van der Waals surface area contributed by atoms with Crippen molar-refractivity contribution >= 4 is 26.0 Å². The summed E-state index contributed by atoms with van der Waals surface area (Å²) >= 11 is 0. The Bertz CT molecular complexity index is 1110. The molecule has 1 heterocycles. The molecule has 1 amide bonds. The Morgan fingerprint density at radius 3 is 2.09 bits per heavy atom. The fourth-order valence-electron chi connectivity index (χ4n) is 3.22. The van der Waals surface area contributed by atoms with Crippen molar-refractivity contribution in [3.8, 4) is 5.75 Å². The van der Waals surface area contributed by atoms with Crippen molar-refractivity contribution in [3.05, 3.63) is 18.2 Å². The first-order valence-corrected chi connectivity index (χ1v) is 13.2. The van der Waals surface area contributed by atoms with Crippen molar-refractivity contribution in [3.63, 3.8) is 0 Å². The summed E-state index contributed by atoms with van der Waals surface area (Å²) in [5, 5.41) is 0. The molecule has 1 aromatic rings. The lowest BCUT2D eigenvalue weighted by molar-refractivity contribution is -0.308. The molecule has 0 radical (unpaired) electrons. The van der Waals surface area contributed by atoms with Crippen molar-refractivity contribution in [1.82, 2.24) is 9.62 Å². The Balaban J connectivity index is 2.01. The summed E-state index contributed by atoms with van der Waals surface area (Å²) in [6.07, 6.45) is -16.7. The van der Waals surface area contributed by atoms with Crippen LogP contribution in [0.1, 0.15) is 12.8 Å². The molecule has 0 aliphatic carbocycles. The minimum atomic E-state index is -5.83. The van der Waals surface area contributed by atoms with E-state index in [0.717, 1.165) is 12.3 Å². The number of methoxy groups -OCH3 is 1. The van der Waals surface area contributed by atoms with Crippen LogP contribution in [-0.2, 0) is 24.6 Å². The van der Waals surface area contributed by atoms with Crippen molar-refractivity contribution in [2.45, 2.75) is 41.1 Å². The second-order valence-corrected chi connectivity index (χ2v) is 11.5. The number of hydrogen-bond donors (Lipinski definition) is 1. The van der Waals surface area contributed by atoms with E-state index in [1.165, 1.54) is 19.2 Å². The number of rotatable bonds is 7. The van der Waals surface area contributed by atoms with Crippen molar-refractivity contribution in [1.29, 1.82) is 0 Å². The monoisotopic (exact) mass is 556 g/mol. The number of alkyl halides is 6. The van der Waals surface area contributed by atoms with Gasteiger partial charge in [0.2, 0.25) is 10.0 Å². The number of sulfone groups is 1. The first kappa shape index (κ1) is 29.0. The molecule has 17 heteroatoms. The Kier molecular flexibility index (Phi) is 8.59. The van der Waals surface area contributed by atoms with E-state index in [2.05, 4.69) is 9.46 Å². The van der Waals surface area contributed by atoms with Gasteiger partial charge < -0.3 is 14.4 Å². The number of carbonyl (C=O) groups is 1. The second-order valence-electron chi connectivity index (χ2n) is 7.71. The molecule has 1 saturated heterocycles. The number of likely N-dealkylation sites (tertiary alicyclic amines) is 1. The van der Waals surface area contributed by atoms with Gasteiger partial charge in [-0.15, -0.1) is 0 Å².